The van der Waals surface area contributed by atoms with E-state index in [9.17, 15) is 4.39 Å². The first-order valence-electron chi connectivity index (χ1n) is 5.40. The third-order valence-corrected chi connectivity index (χ3v) is 3.33. The molecule has 0 aliphatic carbocycles. The summed E-state index contributed by atoms with van der Waals surface area (Å²) < 4.78 is 18.6. The molecule has 4 heteroatoms. The fraction of sp³-hybridized carbons (Fsp3) is 0.308. The fourth-order valence-corrected chi connectivity index (χ4v) is 2.16. The van der Waals surface area contributed by atoms with Crippen molar-refractivity contribution < 1.29 is 9.13 Å². The smallest absolute Gasteiger partial charge is 0.148 e. The molecule has 0 saturated carbocycles. The minimum Gasteiger partial charge on any atom is -0.494 e. The normalized spacial score (nSPS) is 10.9. The quantitative estimate of drug-likeness (QED) is 0.810. The van der Waals surface area contributed by atoms with E-state index in [4.69, 9.17) is 16.3 Å². The highest BCUT2D eigenvalue weighted by Crippen LogP contribution is 2.33. The minimum absolute atomic E-state index is 0.373. The topological polar surface area (TPSA) is 22.1 Å². The van der Waals surface area contributed by atoms with Gasteiger partial charge in [0, 0.05) is 17.1 Å². The second-order valence-electron chi connectivity index (χ2n) is 3.86. The molecule has 2 aromatic rings. The van der Waals surface area contributed by atoms with Gasteiger partial charge in [0.15, 0.2) is 0 Å². The Balaban J connectivity index is 2.90. The molecule has 0 radical (unpaired) electrons. The molecule has 1 aromatic carbocycles. The maximum atomic E-state index is 13.4. The number of hydrogen-bond acceptors (Lipinski definition) is 2. The van der Waals surface area contributed by atoms with Gasteiger partial charge in [-0.25, -0.2) is 9.37 Å². The lowest BCUT2D eigenvalue weighted by atomic mass is 10.1. The van der Waals surface area contributed by atoms with E-state index in [1.807, 2.05) is 13.8 Å². The Morgan fingerprint density at radius 2 is 2.12 bits per heavy atom. The number of pyridine rings is 1. The molecular weight excluding hydrogens is 241 g/mol. The van der Waals surface area contributed by atoms with Gasteiger partial charge in [0.05, 0.1) is 12.1 Å². The van der Waals surface area contributed by atoms with Crippen LogP contribution in [0, 0.1) is 12.7 Å². The maximum absolute atomic E-state index is 13.4. The van der Waals surface area contributed by atoms with Gasteiger partial charge in [-0.3, -0.25) is 0 Å². The van der Waals surface area contributed by atoms with Crippen LogP contribution in [0.1, 0.15) is 18.2 Å². The van der Waals surface area contributed by atoms with Crippen LogP contribution in [0.25, 0.3) is 10.9 Å². The molecule has 0 bridgehead atoms. The Bertz CT molecular complexity index is 583. The van der Waals surface area contributed by atoms with Crippen molar-refractivity contribution in [3.05, 3.63) is 34.2 Å². The zero-order valence-corrected chi connectivity index (χ0v) is 10.7. The number of rotatable bonds is 2. The fourth-order valence-electron chi connectivity index (χ4n) is 1.90. The van der Waals surface area contributed by atoms with Crippen LogP contribution in [0.2, 0.25) is 5.02 Å². The number of methoxy groups -OCH3 is 1. The van der Waals surface area contributed by atoms with Crippen LogP contribution < -0.4 is 4.74 Å². The summed E-state index contributed by atoms with van der Waals surface area (Å²) in [5.74, 6) is 0.0401. The van der Waals surface area contributed by atoms with Crippen molar-refractivity contribution in [1.82, 2.24) is 4.98 Å². The molecule has 17 heavy (non-hydrogen) atoms. The monoisotopic (exact) mass is 253 g/mol. The number of aryl methyl sites for hydroxylation is 1. The Labute approximate surface area is 104 Å². The third-order valence-electron chi connectivity index (χ3n) is 2.84. The van der Waals surface area contributed by atoms with Gasteiger partial charge in [-0.1, -0.05) is 18.5 Å². The van der Waals surface area contributed by atoms with Gasteiger partial charge in [0.25, 0.3) is 0 Å². The molecule has 0 fully saturated rings. The molecule has 0 aliphatic rings. The number of aromatic nitrogens is 1. The van der Waals surface area contributed by atoms with Crippen molar-refractivity contribution in [1.29, 1.82) is 0 Å². The minimum atomic E-state index is -0.373. The molecule has 1 aromatic heterocycles. The SMILES string of the molecule is CCc1nc2c(OC)cc(F)cc2c(Cl)c1C. The molecular formula is C13H13ClFNO. The zero-order valence-electron chi connectivity index (χ0n) is 9.97. The van der Waals surface area contributed by atoms with E-state index in [0.29, 0.717) is 21.7 Å². The molecule has 0 unspecified atom stereocenters. The van der Waals surface area contributed by atoms with Crippen LogP contribution in [0.5, 0.6) is 5.75 Å². The van der Waals surface area contributed by atoms with E-state index in [-0.39, 0.29) is 5.82 Å². The van der Waals surface area contributed by atoms with E-state index in [1.54, 1.807) is 0 Å². The van der Waals surface area contributed by atoms with Gasteiger partial charge in [-0.2, -0.15) is 0 Å². The van der Waals surface area contributed by atoms with Gasteiger partial charge in [0.2, 0.25) is 0 Å². The van der Waals surface area contributed by atoms with E-state index in [2.05, 4.69) is 4.98 Å². The average molecular weight is 254 g/mol. The maximum Gasteiger partial charge on any atom is 0.148 e. The third kappa shape index (κ3) is 1.95. The van der Waals surface area contributed by atoms with Crippen LogP contribution in [-0.2, 0) is 6.42 Å². The number of benzene rings is 1. The second kappa shape index (κ2) is 4.49. The largest absolute Gasteiger partial charge is 0.494 e. The van der Waals surface area contributed by atoms with Gasteiger partial charge < -0.3 is 4.74 Å². The summed E-state index contributed by atoms with van der Waals surface area (Å²) >= 11 is 6.25. The molecule has 0 spiro atoms. The van der Waals surface area contributed by atoms with Crippen LogP contribution in [0.15, 0.2) is 12.1 Å². The van der Waals surface area contributed by atoms with Crippen molar-refractivity contribution in [2.45, 2.75) is 20.3 Å². The lowest BCUT2D eigenvalue weighted by molar-refractivity contribution is 0.415. The summed E-state index contributed by atoms with van der Waals surface area (Å²) in [6.07, 6.45) is 0.780. The lowest BCUT2D eigenvalue weighted by Gasteiger charge is -2.11. The van der Waals surface area contributed by atoms with Crippen LogP contribution >= 0.6 is 11.6 Å². The van der Waals surface area contributed by atoms with Gasteiger partial charge in [0.1, 0.15) is 17.1 Å². The zero-order chi connectivity index (χ0) is 12.6. The molecule has 90 valence electrons. The Hall–Kier alpha value is -1.35. The molecule has 2 rings (SSSR count). The highest BCUT2D eigenvalue weighted by Gasteiger charge is 2.13. The van der Waals surface area contributed by atoms with Gasteiger partial charge in [-0.05, 0) is 25.0 Å². The van der Waals surface area contributed by atoms with Crippen LogP contribution in [-0.4, -0.2) is 12.1 Å². The highest BCUT2D eigenvalue weighted by molar-refractivity contribution is 6.36. The number of ether oxygens (including phenoxy) is 1. The predicted molar refractivity (Wildman–Crippen MR) is 67.4 cm³/mol. The number of halogens is 2. The first kappa shape index (κ1) is 12.1. The summed E-state index contributed by atoms with van der Waals surface area (Å²) in [6, 6.07) is 2.71. The summed E-state index contributed by atoms with van der Waals surface area (Å²) in [5, 5.41) is 1.14. The molecule has 0 atom stereocenters. The molecule has 0 N–H and O–H groups in total. The van der Waals surface area contributed by atoms with Crippen molar-refractivity contribution in [3.63, 3.8) is 0 Å². The van der Waals surface area contributed by atoms with Crippen LogP contribution in [0.4, 0.5) is 4.39 Å². The summed E-state index contributed by atoms with van der Waals surface area (Å²) in [4.78, 5) is 4.49. The van der Waals surface area contributed by atoms with Crippen molar-refractivity contribution in [2.75, 3.05) is 7.11 Å². The van der Waals surface area contributed by atoms with E-state index in [1.165, 1.54) is 19.2 Å². The Morgan fingerprint density at radius 1 is 1.41 bits per heavy atom. The Kier molecular flexibility index (Phi) is 3.20. The molecule has 0 aliphatic heterocycles. The molecule has 0 amide bonds. The first-order valence-corrected chi connectivity index (χ1v) is 5.78. The summed E-state index contributed by atoms with van der Waals surface area (Å²) in [7, 11) is 1.50. The highest BCUT2D eigenvalue weighted by atomic mass is 35.5. The number of nitrogens with zero attached hydrogens (tertiary/aromatic N) is 1. The molecule has 0 saturated heterocycles. The van der Waals surface area contributed by atoms with Gasteiger partial charge >= 0.3 is 0 Å². The average Bonchev–Trinajstić information content (AvgIpc) is 2.33. The van der Waals surface area contributed by atoms with Crippen molar-refractivity contribution >= 4 is 22.5 Å². The van der Waals surface area contributed by atoms with E-state index >= 15 is 0 Å². The lowest BCUT2D eigenvalue weighted by Crippen LogP contribution is -1.97. The Morgan fingerprint density at radius 3 is 2.71 bits per heavy atom. The van der Waals surface area contributed by atoms with Gasteiger partial charge in [-0.15, -0.1) is 0 Å². The van der Waals surface area contributed by atoms with Crippen molar-refractivity contribution in [2.24, 2.45) is 0 Å². The van der Waals surface area contributed by atoms with Crippen LogP contribution in [0.3, 0.4) is 0 Å². The summed E-state index contributed by atoms with van der Waals surface area (Å²) in [5.41, 5.74) is 2.42. The molecule has 2 nitrogen and oxygen atoms in total. The number of fused-ring (bicyclic) bond motifs is 1. The second-order valence-corrected chi connectivity index (χ2v) is 4.23. The van der Waals surface area contributed by atoms with E-state index in [0.717, 1.165) is 17.7 Å². The summed E-state index contributed by atoms with van der Waals surface area (Å²) in [6.45, 7) is 3.90. The predicted octanol–water partition coefficient (Wildman–Crippen LogP) is 3.91. The molecule has 1 heterocycles. The number of hydrogen-bond donors (Lipinski definition) is 0. The van der Waals surface area contributed by atoms with Crippen molar-refractivity contribution in [3.8, 4) is 5.75 Å². The van der Waals surface area contributed by atoms with E-state index < -0.39 is 0 Å². The first-order chi connectivity index (χ1) is 8.08. The standard InChI is InChI=1S/C13H13ClFNO/c1-4-10-7(2)12(14)9-5-8(15)6-11(17-3)13(9)16-10/h5-6H,4H2,1-3H3.